The Kier molecular flexibility index (Phi) is 3.43. The zero-order valence-electron chi connectivity index (χ0n) is 9.67. The van der Waals surface area contributed by atoms with Gasteiger partial charge in [-0.25, -0.2) is 4.79 Å². The van der Waals surface area contributed by atoms with Crippen LogP contribution in [-0.2, 0) is 4.79 Å². The lowest BCUT2D eigenvalue weighted by Crippen LogP contribution is -2.24. The highest BCUT2D eigenvalue weighted by molar-refractivity contribution is 6.01. The van der Waals surface area contributed by atoms with Crippen LogP contribution in [0.3, 0.4) is 0 Å². The monoisotopic (exact) mass is 246 g/mol. The molecular formula is C13H14N2O3. The number of para-hydroxylation sites is 1. The molecule has 0 radical (unpaired) electrons. The number of carbonyl (C=O) groups is 2. The number of carboxylic acid groups (broad SMARTS) is 1. The molecule has 2 unspecified atom stereocenters. The molecule has 1 aliphatic carbocycles. The van der Waals surface area contributed by atoms with Crippen LogP contribution < -0.4 is 11.1 Å². The summed E-state index contributed by atoms with van der Waals surface area (Å²) in [7, 11) is 0. The SMILES string of the molecule is NC1C=CC(C(=O)Nc2ccccc2C(=O)O)C1. The van der Waals surface area contributed by atoms with Gasteiger partial charge in [0.1, 0.15) is 0 Å². The zero-order chi connectivity index (χ0) is 13.1. The number of hydrogen-bond acceptors (Lipinski definition) is 3. The first-order chi connectivity index (χ1) is 8.58. The Morgan fingerprint density at radius 3 is 2.61 bits per heavy atom. The Balaban J connectivity index is 2.12. The largest absolute Gasteiger partial charge is 0.478 e. The smallest absolute Gasteiger partial charge is 0.337 e. The van der Waals surface area contributed by atoms with Crippen molar-refractivity contribution in [3.8, 4) is 0 Å². The van der Waals surface area contributed by atoms with Gasteiger partial charge in [0.25, 0.3) is 0 Å². The fourth-order valence-corrected chi connectivity index (χ4v) is 1.93. The minimum Gasteiger partial charge on any atom is -0.478 e. The summed E-state index contributed by atoms with van der Waals surface area (Å²) in [6.45, 7) is 0. The van der Waals surface area contributed by atoms with Gasteiger partial charge in [0.05, 0.1) is 17.2 Å². The van der Waals surface area contributed by atoms with Crippen molar-refractivity contribution in [2.24, 2.45) is 11.7 Å². The first-order valence-electron chi connectivity index (χ1n) is 5.65. The van der Waals surface area contributed by atoms with Crippen molar-refractivity contribution in [2.75, 3.05) is 5.32 Å². The minimum atomic E-state index is -1.07. The number of carboxylic acids is 1. The van der Waals surface area contributed by atoms with E-state index in [0.717, 1.165) is 0 Å². The van der Waals surface area contributed by atoms with Crippen LogP contribution in [0.5, 0.6) is 0 Å². The second kappa shape index (κ2) is 5.01. The average molecular weight is 246 g/mol. The highest BCUT2D eigenvalue weighted by atomic mass is 16.4. The van der Waals surface area contributed by atoms with Gasteiger partial charge in [-0.2, -0.15) is 0 Å². The van der Waals surface area contributed by atoms with Crippen LogP contribution in [0.15, 0.2) is 36.4 Å². The van der Waals surface area contributed by atoms with E-state index >= 15 is 0 Å². The van der Waals surface area contributed by atoms with E-state index in [4.69, 9.17) is 10.8 Å². The molecule has 0 fully saturated rings. The molecule has 18 heavy (non-hydrogen) atoms. The van der Waals surface area contributed by atoms with Crippen LogP contribution in [0.4, 0.5) is 5.69 Å². The van der Waals surface area contributed by atoms with Crippen LogP contribution in [0.2, 0.25) is 0 Å². The van der Waals surface area contributed by atoms with E-state index < -0.39 is 5.97 Å². The topological polar surface area (TPSA) is 92.4 Å². The molecule has 5 heteroatoms. The maximum atomic E-state index is 11.9. The normalized spacial score (nSPS) is 21.8. The van der Waals surface area contributed by atoms with Crippen LogP contribution in [0, 0.1) is 5.92 Å². The van der Waals surface area contributed by atoms with E-state index in [9.17, 15) is 9.59 Å². The molecule has 1 aromatic carbocycles. The quantitative estimate of drug-likeness (QED) is 0.699. The van der Waals surface area contributed by atoms with Crippen LogP contribution in [0.1, 0.15) is 16.8 Å². The fourth-order valence-electron chi connectivity index (χ4n) is 1.93. The van der Waals surface area contributed by atoms with E-state index in [1.54, 1.807) is 30.4 Å². The maximum Gasteiger partial charge on any atom is 0.337 e. The molecule has 0 bridgehead atoms. The lowest BCUT2D eigenvalue weighted by Gasteiger charge is -2.12. The number of benzene rings is 1. The van der Waals surface area contributed by atoms with Crippen molar-refractivity contribution in [3.05, 3.63) is 42.0 Å². The van der Waals surface area contributed by atoms with E-state index in [2.05, 4.69) is 5.32 Å². The van der Waals surface area contributed by atoms with Gasteiger partial charge >= 0.3 is 5.97 Å². The van der Waals surface area contributed by atoms with Gasteiger partial charge in [0.2, 0.25) is 5.91 Å². The molecule has 1 aromatic rings. The predicted octanol–water partition coefficient (Wildman–Crippen LogP) is 1.23. The number of amides is 1. The molecule has 5 nitrogen and oxygen atoms in total. The zero-order valence-corrected chi connectivity index (χ0v) is 9.67. The van der Waals surface area contributed by atoms with Crippen molar-refractivity contribution < 1.29 is 14.7 Å². The number of carbonyl (C=O) groups excluding carboxylic acids is 1. The molecule has 0 saturated carbocycles. The molecule has 2 rings (SSSR count). The second-order valence-corrected chi connectivity index (χ2v) is 4.23. The lowest BCUT2D eigenvalue weighted by molar-refractivity contribution is -0.118. The number of nitrogens with two attached hydrogens (primary N) is 1. The number of rotatable bonds is 3. The molecule has 1 amide bonds. The Morgan fingerprint density at radius 2 is 2.00 bits per heavy atom. The van der Waals surface area contributed by atoms with Crippen LogP contribution in [0.25, 0.3) is 0 Å². The molecular weight excluding hydrogens is 232 g/mol. The summed E-state index contributed by atoms with van der Waals surface area (Å²) in [4.78, 5) is 22.9. The van der Waals surface area contributed by atoms with Gasteiger partial charge in [-0.05, 0) is 18.6 Å². The molecule has 0 saturated heterocycles. The summed E-state index contributed by atoms with van der Waals surface area (Å²) in [5.41, 5.74) is 6.06. The lowest BCUT2D eigenvalue weighted by atomic mass is 10.1. The fraction of sp³-hybridized carbons (Fsp3) is 0.231. The number of nitrogens with one attached hydrogen (secondary N) is 1. The summed E-state index contributed by atoms with van der Waals surface area (Å²) in [5.74, 6) is -1.58. The van der Waals surface area contributed by atoms with Gasteiger partial charge in [-0.15, -0.1) is 0 Å². The van der Waals surface area contributed by atoms with Crippen molar-refractivity contribution in [1.82, 2.24) is 0 Å². The first kappa shape index (κ1) is 12.3. The van der Waals surface area contributed by atoms with E-state index in [0.29, 0.717) is 12.1 Å². The van der Waals surface area contributed by atoms with Crippen molar-refractivity contribution >= 4 is 17.6 Å². The molecule has 0 heterocycles. The molecule has 0 spiro atoms. The van der Waals surface area contributed by atoms with E-state index in [-0.39, 0.29) is 23.4 Å². The van der Waals surface area contributed by atoms with E-state index in [1.165, 1.54) is 6.07 Å². The number of anilines is 1. The summed E-state index contributed by atoms with van der Waals surface area (Å²) in [6, 6.07) is 6.21. The first-order valence-corrected chi connectivity index (χ1v) is 5.65. The van der Waals surface area contributed by atoms with Gasteiger partial charge in [-0.3, -0.25) is 4.79 Å². The van der Waals surface area contributed by atoms with Gasteiger partial charge in [0.15, 0.2) is 0 Å². The predicted molar refractivity (Wildman–Crippen MR) is 67.3 cm³/mol. The molecule has 1 aliphatic rings. The summed E-state index contributed by atoms with van der Waals surface area (Å²) in [6.07, 6.45) is 4.10. The van der Waals surface area contributed by atoms with Crippen LogP contribution >= 0.6 is 0 Å². The minimum absolute atomic E-state index is 0.0807. The maximum absolute atomic E-state index is 11.9. The third-order valence-electron chi connectivity index (χ3n) is 2.87. The molecule has 2 atom stereocenters. The summed E-state index contributed by atoms with van der Waals surface area (Å²) in [5, 5.41) is 11.6. The third kappa shape index (κ3) is 2.57. The summed E-state index contributed by atoms with van der Waals surface area (Å²) < 4.78 is 0. The molecule has 4 N–H and O–H groups in total. The third-order valence-corrected chi connectivity index (χ3v) is 2.87. The van der Waals surface area contributed by atoms with Gasteiger partial charge < -0.3 is 16.2 Å². The van der Waals surface area contributed by atoms with E-state index in [1.807, 2.05) is 0 Å². The second-order valence-electron chi connectivity index (χ2n) is 4.23. The average Bonchev–Trinajstić information content (AvgIpc) is 2.76. The molecule has 94 valence electrons. The Hall–Kier alpha value is -2.14. The Labute approximate surface area is 104 Å². The standard InChI is InChI=1S/C13H14N2O3/c14-9-6-5-8(7-9)12(16)15-11-4-2-1-3-10(11)13(17)18/h1-6,8-9H,7,14H2,(H,15,16)(H,17,18). The highest BCUT2D eigenvalue weighted by Gasteiger charge is 2.23. The summed E-state index contributed by atoms with van der Waals surface area (Å²) >= 11 is 0. The van der Waals surface area contributed by atoms with Gasteiger partial charge in [0, 0.05) is 6.04 Å². The molecule has 0 aromatic heterocycles. The number of hydrogen-bond donors (Lipinski definition) is 3. The Morgan fingerprint density at radius 1 is 1.28 bits per heavy atom. The van der Waals surface area contributed by atoms with Gasteiger partial charge in [-0.1, -0.05) is 24.3 Å². The van der Waals surface area contributed by atoms with Crippen molar-refractivity contribution in [3.63, 3.8) is 0 Å². The number of aromatic carboxylic acids is 1. The van der Waals surface area contributed by atoms with Crippen LogP contribution in [-0.4, -0.2) is 23.0 Å². The van der Waals surface area contributed by atoms with Crippen molar-refractivity contribution in [1.29, 1.82) is 0 Å². The highest BCUT2D eigenvalue weighted by Crippen LogP contribution is 2.20. The van der Waals surface area contributed by atoms with Crippen molar-refractivity contribution in [2.45, 2.75) is 12.5 Å². The molecule has 0 aliphatic heterocycles. The Bertz CT molecular complexity index is 511.